The number of hydrogen-bond acceptors (Lipinski definition) is 4. The van der Waals surface area contributed by atoms with Gasteiger partial charge < -0.3 is 5.11 Å². The maximum atomic E-state index is 11.1. The van der Waals surface area contributed by atoms with Crippen LogP contribution in [0.5, 0.6) is 5.75 Å². The van der Waals surface area contributed by atoms with Crippen LogP contribution in [0.2, 0.25) is 0 Å². The fourth-order valence-corrected chi connectivity index (χ4v) is 0.987. The Hall–Kier alpha value is -0.244. The number of ketones is 1. The minimum atomic E-state index is -0.918. The maximum Gasteiger partial charge on any atom is 1.00 e. The molecule has 2 N–H and O–H groups in total. The molecule has 1 aromatic carbocycles. The van der Waals surface area contributed by atoms with Gasteiger partial charge in [0, 0.05) is 11.1 Å². The molecule has 0 aromatic heterocycles. The molecule has 0 spiro atoms. The first kappa shape index (κ1) is 14.8. The number of hydrogen-bond donors (Lipinski definition) is 2. The average Bonchev–Trinajstić information content (AvgIpc) is 2.17. The second kappa shape index (κ2) is 6.36. The first-order valence-electron chi connectivity index (χ1n) is 3.82. The van der Waals surface area contributed by atoms with E-state index in [4.69, 9.17) is 5.21 Å². The molecule has 0 saturated carbocycles. The summed E-state index contributed by atoms with van der Waals surface area (Å²) in [6.45, 7) is 1.32. The van der Waals surface area contributed by atoms with Crippen LogP contribution in [0.25, 0.3) is 0 Å². The molecule has 0 saturated heterocycles. The number of hydroxylamine groups is 1. The summed E-state index contributed by atoms with van der Waals surface area (Å²) in [5.74, 6) is -1.71. The van der Waals surface area contributed by atoms with E-state index in [1.54, 1.807) is 0 Å². The molecule has 1 rings (SSSR count). The molecule has 6 heteroatoms. The Labute approximate surface area is 129 Å². The van der Waals surface area contributed by atoms with Crippen molar-refractivity contribution in [3.63, 3.8) is 0 Å². The molecule has 0 unspecified atom stereocenters. The van der Waals surface area contributed by atoms with Gasteiger partial charge in [-0.2, -0.15) is 0 Å². The molecule has 1 amide bonds. The second-order valence-corrected chi connectivity index (χ2v) is 2.71. The molecule has 0 aliphatic carbocycles. The minimum Gasteiger partial charge on any atom is -0.872 e. The summed E-state index contributed by atoms with van der Waals surface area (Å²) >= 11 is 0. The van der Waals surface area contributed by atoms with Crippen molar-refractivity contribution in [3.8, 4) is 5.75 Å². The van der Waals surface area contributed by atoms with Gasteiger partial charge in [-0.3, -0.25) is 14.8 Å². The van der Waals surface area contributed by atoms with Crippen LogP contribution in [0.4, 0.5) is 0 Å². The maximum absolute atomic E-state index is 11.1. The van der Waals surface area contributed by atoms with E-state index in [-0.39, 0.29) is 68.3 Å². The number of carbonyl (C=O) groups is 2. The van der Waals surface area contributed by atoms with Gasteiger partial charge in [-0.15, -0.1) is 0 Å². The van der Waals surface area contributed by atoms with E-state index in [0.717, 1.165) is 12.1 Å². The Morgan fingerprint density at radius 1 is 1.40 bits per heavy atom. The Kier molecular flexibility index (Phi) is 6.26. The molecule has 0 atom stereocenters. The fraction of sp³-hybridized carbons (Fsp3) is 0.111. The molecule has 0 fully saturated rings. The van der Waals surface area contributed by atoms with Crippen molar-refractivity contribution in [2.75, 3.05) is 0 Å². The van der Waals surface area contributed by atoms with Crippen LogP contribution in [0, 0.1) is 0 Å². The van der Waals surface area contributed by atoms with Gasteiger partial charge in [0.2, 0.25) is 0 Å². The summed E-state index contributed by atoms with van der Waals surface area (Å²) in [7, 11) is 0. The molecule has 0 aliphatic rings. The summed E-state index contributed by atoms with van der Waals surface area (Å²) in [6.07, 6.45) is 0. The predicted octanol–water partition coefficient (Wildman–Crippen LogP) is -2.91. The third-order valence-corrected chi connectivity index (χ3v) is 1.73. The van der Waals surface area contributed by atoms with Crippen LogP contribution in [0.3, 0.4) is 0 Å². The van der Waals surface area contributed by atoms with Crippen LogP contribution < -0.4 is 62.0 Å². The second-order valence-electron chi connectivity index (χ2n) is 2.71. The molecule has 5 nitrogen and oxygen atoms in total. The number of rotatable bonds is 2. The number of amides is 1. The number of Topliss-reactive ketones (excluding diaryl/α,β-unsaturated/α-hetero) is 1. The van der Waals surface area contributed by atoms with Crippen molar-refractivity contribution in [3.05, 3.63) is 29.3 Å². The van der Waals surface area contributed by atoms with Gasteiger partial charge in [0.05, 0.1) is 0 Å². The van der Waals surface area contributed by atoms with Crippen LogP contribution in [-0.2, 0) is 0 Å². The quantitative estimate of drug-likeness (QED) is 0.248. The molecule has 0 aliphatic heterocycles. The van der Waals surface area contributed by atoms with Gasteiger partial charge in [0.1, 0.15) is 0 Å². The van der Waals surface area contributed by atoms with E-state index in [1.165, 1.54) is 18.5 Å². The smallest absolute Gasteiger partial charge is 0.872 e. The molecule has 15 heavy (non-hydrogen) atoms. The zero-order valence-electron chi connectivity index (χ0n) is 8.40. The third kappa shape index (κ3) is 3.67. The normalized spacial score (nSPS) is 8.93. The summed E-state index contributed by atoms with van der Waals surface area (Å²) in [5.41, 5.74) is 1.34. The van der Waals surface area contributed by atoms with Gasteiger partial charge in [-0.05, 0) is 13.0 Å². The summed E-state index contributed by atoms with van der Waals surface area (Å²) in [6, 6.07) is 3.59. The summed E-state index contributed by atoms with van der Waals surface area (Å²) < 4.78 is 0. The Bertz CT molecular complexity index is 392. The van der Waals surface area contributed by atoms with Crippen molar-refractivity contribution >= 4 is 11.7 Å². The largest absolute Gasteiger partial charge is 1.00 e. The fourth-order valence-electron chi connectivity index (χ4n) is 0.987. The monoisotopic (exact) mass is 233 g/mol. The van der Waals surface area contributed by atoms with E-state index in [9.17, 15) is 14.7 Å². The molecule has 74 valence electrons. The number of benzene rings is 1. The van der Waals surface area contributed by atoms with Crippen molar-refractivity contribution in [1.29, 1.82) is 0 Å². The molecular weight excluding hydrogens is 225 g/mol. The number of nitrogens with one attached hydrogen (secondary N) is 1. The first-order valence-corrected chi connectivity index (χ1v) is 3.82. The zero-order chi connectivity index (χ0) is 10.7. The standard InChI is InChI=1S/C9H9NO4.K/c1-5(11)6-2-3-8(12)7(4-6)9(13)10-14;/h2-4,12,14H,1H3,(H,10,13);/q;+1/p-1. The van der Waals surface area contributed by atoms with Crippen molar-refractivity contribution in [2.24, 2.45) is 0 Å². The van der Waals surface area contributed by atoms with E-state index in [1.807, 2.05) is 0 Å². The van der Waals surface area contributed by atoms with Crippen LogP contribution in [0.1, 0.15) is 27.6 Å². The number of carbonyl (C=O) groups excluding carboxylic acids is 2. The summed E-state index contributed by atoms with van der Waals surface area (Å²) in [4.78, 5) is 21.9. The van der Waals surface area contributed by atoms with Crippen LogP contribution in [-0.4, -0.2) is 16.9 Å². The van der Waals surface area contributed by atoms with E-state index in [0.29, 0.717) is 0 Å². The zero-order valence-corrected chi connectivity index (χ0v) is 11.5. The van der Waals surface area contributed by atoms with Crippen LogP contribution in [0.15, 0.2) is 18.2 Å². The molecule has 0 radical (unpaired) electrons. The van der Waals surface area contributed by atoms with Crippen molar-refractivity contribution in [1.82, 2.24) is 5.48 Å². The third-order valence-electron chi connectivity index (χ3n) is 1.73. The first-order chi connectivity index (χ1) is 6.56. The Morgan fingerprint density at radius 2 is 2.00 bits per heavy atom. The summed E-state index contributed by atoms with van der Waals surface area (Å²) in [5, 5.41) is 19.4. The van der Waals surface area contributed by atoms with Gasteiger partial charge in [-0.1, -0.05) is 17.9 Å². The van der Waals surface area contributed by atoms with Gasteiger partial charge in [-0.25, -0.2) is 5.48 Å². The molecule has 0 heterocycles. The van der Waals surface area contributed by atoms with Crippen molar-refractivity contribution < 1.29 is 71.3 Å². The molecule has 1 aromatic rings. The molecular formula is C9H8KNO4. The SMILES string of the molecule is CC(=O)c1ccc([O-])c(C(=O)NO)c1.[K+]. The van der Waals surface area contributed by atoms with Gasteiger partial charge in [0.25, 0.3) is 5.91 Å². The topological polar surface area (TPSA) is 89.5 Å². The van der Waals surface area contributed by atoms with Crippen molar-refractivity contribution in [2.45, 2.75) is 6.92 Å². The predicted molar refractivity (Wildman–Crippen MR) is 45.1 cm³/mol. The minimum absolute atomic E-state index is 0. The Balaban J connectivity index is 0.00000196. The van der Waals surface area contributed by atoms with Gasteiger partial charge >= 0.3 is 51.4 Å². The van der Waals surface area contributed by atoms with Gasteiger partial charge in [0.15, 0.2) is 5.78 Å². The van der Waals surface area contributed by atoms with E-state index in [2.05, 4.69) is 0 Å². The average molecular weight is 233 g/mol. The Morgan fingerprint density at radius 3 is 2.47 bits per heavy atom. The van der Waals surface area contributed by atoms with Crippen LogP contribution >= 0.6 is 0 Å². The molecule has 0 bridgehead atoms. The van der Waals surface area contributed by atoms with E-state index >= 15 is 0 Å². The van der Waals surface area contributed by atoms with E-state index < -0.39 is 11.7 Å².